The fourth-order valence-corrected chi connectivity index (χ4v) is 5.13. The van der Waals surface area contributed by atoms with Crippen LogP contribution in [0.4, 0.5) is 0 Å². The van der Waals surface area contributed by atoms with Crippen LogP contribution in [-0.2, 0) is 30.8 Å². The van der Waals surface area contributed by atoms with Gasteiger partial charge in [0, 0.05) is 13.1 Å². The number of carbonyl (C=O) groups is 2. The van der Waals surface area contributed by atoms with Crippen molar-refractivity contribution in [3.63, 3.8) is 0 Å². The first-order chi connectivity index (χ1) is 17.3. The Kier molecular flexibility index (Phi) is 10.4. The molecule has 1 aliphatic rings. The van der Waals surface area contributed by atoms with Gasteiger partial charge in [0.15, 0.2) is 0 Å². The Balaban J connectivity index is 1.70. The van der Waals surface area contributed by atoms with Crippen LogP contribution in [0, 0.1) is 0 Å². The zero-order chi connectivity index (χ0) is 26.0. The molecule has 0 radical (unpaired) electrons. The standard InChI is InChI=1S/C24H32BN3O7S/c29-23(28-14-16-35-17-15-28)18-21(27-36(33,34)20-11-5-2-6-12-20)24(30)26-22(25(31)32)13-7-10-19-8-3-1-4-9-19/h1-6,8-9,11-12,21-22,27,31-32H,7,10,13-18H2,(H,26,30)/t21-,22+/m1/s1. The van der Waals surface area contributed by atoms with E-state index in [1.165, 1.54) is 17.0 Å². The first kappa shape index (κ1) is 27.8. The number of carbonyl (C=O) groups excluding carboxylic acids is 2. The molecule has 2 amide bonds. The summed E-state index contributed by atoms with van der Waals surface area (Å²) < 4.78 is 33.4. The van der Waals surface area contributed by atoms with Crippen molar-refractivity contribution in [2.75, 3.05) is 26.3 Å². The van der Waals surface area contributed by atoms with Crippen LogP contribution in [0.25, 0.3) is 0 Å². The molecule has 0 unspecified atom stereocenters. The van der Waals surface area contributed by atoms with Gasteiger partial charge in [0.05, 0.1) is 30.5 Å². The number of hydrogen-bond acceptors (Lipinski definition) is 7. The van der Waals surface area contributed by atoms with Crippen molar-refractivity contribution in [1.29, 1.82) is 0 Å². The number of aryl methyl sites for hydroxylation is 1. The minimum Gasteiger partial charge on any atom is -0.426 e. The van der Waals surface area contributed by atoms with E-state index in [9.17, 15) is 28.1 Å². The molecule has 194 valence electrons. The molecule has 0 bridgehead atoms. The van der Waals surface area contributed by atoms with E-state index in [4.69, 9.17) is 4.74 Å². The van der Waals surface area contributed by atoms with Gasteiger partial charge in [-0.05, 0) is 37.0 Å². The average Bonchev–Trinajstić information content (AvgIpc) is 2.89. The largest absolute Gasteiger partial charge is 0.475 e. The minimum absolute atomic E-state index is 0.0526. The second kappa shape index (κ2) is 13.5. The molecule has 2 aromatic carbocycles. The van der Waals surface area contributed by atoms with Gasteiger partial charge in [-0.2, -0.15) is 4.72 Å². The smallest absolute Gasteiger partial charge is 0.426 e. The van der Waals surface area contributed by atoms with Gasteiger partial charge in [-0.1, -0.05) is 48.5 Å². The number of hydrogen-bond donors (Lipinski definition) is 4. The van der Waals surface area contributed by atoms with Gasteiger partial charge in [0.1, 0.15) is 6.04 Å². The lowest BCUT2D eigenvalue weighted by atomic mass is 9.76. The van der Waals surface area contributed by atoms with Crippen LogP contribution in [0.3, 0.4) is 0 Å². The zero-order valence-corrected chi connectivity index (χ0v) is 20.8. The van der Waals surface area contributed by atoms with Crippen LogP contribution in [0.15, 0.2) is 65.6 Å². The molecule has 10 nitrogen and oxygen atoms in total. The first-order valence-corrected chi connectivity index (χ1v) is 13.4. The van der Waals surface area contributed by atoms with Crippen molar-refractivity contribution >= 4 is 29.0 Å². The molecular formula is C24H32BN3O7S. The maximum absolute atomic E-state index is 13.2. The predicted octanol–water partition coefficient (Wildman–Crippen LogP) is 0.102. The number of sulfonamides is 1. The molecule has 1 saturated heterocycles. The van der Waals surface area contributed by atoms with Crippen molar-refractivity contribution in [1.82, 2.24) is 14.9 Å². The van der Waals surface area contributed by atoms with Crippen LogP contribution in [0.2, 0.25) is 0 Å². The second-order valence-corrected chi connectivity index (χ2v) is 10.3. The Morgan fingerprint density at radius 3 is 2.22 bits per heavy atom. The molecule has 36 heavy (non-hydrogen) atoms. The van der Waals surface area contributed by atoms with E-state index < -0.39 is 47.4 Å². The average molecular weight is 517 g/mol. The van der Waals surface area contributed by atoms with Gasteiger partial charge in [-0.3, -0.25) is 9.59 Å². The molecule has 2 atom stereocenters. The van der Waals surface area contributed by atoms with Crippen molar-refractivity contribution in [2.45, 2.75) is 42.6 Å². The van der Waals surface area contributed by atoms with E-state index in [2.05, 4.69) is 10.0 Å². The lowest BCUT2D eigenvalue weighted by molar-refractivity contribution is -0.138. The Bertz CT molecular complexity index is 1080. The Morgan fingerprint density at radius 1 is 1.00 bits per heavy atom. The first-order valence-electron chi connectivity index (χ1n) is 11.9. The molecule has 4 N–H and O–H groups in total. The fraction of sp³-hybridized carbons (Fsp3) is 0.417. The maximum atomic E-state index is 13.2. The Hall–Kier alpha value is -2.77. The van der Waals surface area contributed by atoms with Crippen molar-refractivity contribution in [3.8, 4) is 0 Å². The quantitative estimate of drug-likeness (QED) is 0.292. The number of amides is 2. The summed E-state index contributed by atoms with van der Waals surface area (Å²) >= 11 is 0. The summed E-state index contributed by atoms with van der Waals surface area (Å²) in [6.45, 7) is 1.41. The van der Waals surface area contributed by atoms with Crippen LogP contribution >= 0.6 is 0 Å². The molecule has 0 saturated carbocycles. The highest BCUT2D eigenvalue weighted by molar-refractivity contribution is 7.89. The number of benzene rings is 2. The van der Waals surface area contributed by atoms with Crippen molar-refractivity contribution in [2.24, 2.45) is 0 Å². The normalized spacial score (nSPS) is 15.7. The van der Waals surface area contributed by atoms with E-state index in [1.807, 2.05) is 30.3 Å². The second-order valence-electron chi connectivity index (χ2n) is 8.59. The summed E-state index contributed by atoms with van der Waals surface area (Å²) in [4.78, 5) is 27.5. The van der Waals surface area contributed by atoms with E-state index in [1.54, 1.807) is 18.2 Å². The Morgan fingerprint density at radius 2 is 1.61 bits per heavy atom. The summed E-state index contributed by atoms with van der Waals surface area (Å²) in [5.41, 5.74) is 1.07. The van der Waals surface area contributed by atoms with Gasteiger partial charge in [-0.25, -0.2) is 8.42 Å². The highest BCUT2D eigenvalue weighted by Gasteiger charge is 2.33. The summed E-state index contributed by atoms with van der Waals surface area (Å²) in [5, 5.41) is 22.2. The van der Waals surface area contributed by atoms with Gasteiger partial charge in [0.25, 0.3) is 0 Å². The number of nitrogens with one attached hydrogen (secondary N) is 2. The zero-order valence-electron chi connectivity index (χ0n) is 20.0. The van der Waals surface area contributed by atoms with Crippen LogP contribution in [0.1, 0.15) is 24.8 Å². The van der Waals surface area contributed by atoms with Crippen molar-refractivity contribution < 1.29 is 32.8 Å². The Labute approximate surface area is 211 Å². The maximum Gasteiger partial charge on any atom is 0.475 e. The molecule has 1 aliphatic heterocycles. The van der Waals surface area contributed by atoms with E-state index in [0.717, 1.165) is 5.56 Å². The third-order valence-electron chi connectivity index (χ3n) is 5.92. The molecule has 2 aromatic rings. The highest BCUT2D eigenvalue weighted by Crippen LogP contribution is 2.12. The predicted molar refractivity (Wildman–Crippen MR) is 134 cm³/mol. The fourth-order valence-electron chi connectivity index (χ4n) is 3.91. The van der Waals surface area contributed by atoms with Crippen LogP contribution < -0.4 is 10.0 Å². The SMILES string of the molecule is O=C(N[C@@H](CCCc1ccccc1)B(O)O)[C@@H](CC(=O)N1CCOCC1)NS(=O)(=O)c1ccccc1. The molecule has 12 heteroatoms. The summed E-state index contributed by atoms with van der Waals surface area (Å²) in [6, 6.07) is 15.7. The summed E-state index contributed by atoms with van der Waals surface area (Å²) in [5.74, 6) is -2.25. The van der Waals surface area contributed by atoms with Crippen LogP contribution in [0.5, 0.6) is 0 Å². The summed E-state index contributed by atoms with van der Waals surface area (Å²) in [6.07, 6.45) is 1.04. The molecule has 0 aromatic heterocycles. The van der Waals surface area contributed by atoms with Gasteiger partial charge in [-0.15, -0.1) is 0 Å². The topological polar surface area (TPSA) is 145 Å². The van der Waals surface area contributed by atoms with E-state index >= 15 is 0 Å². The number of morpholine rings is 1. The third kappa shape index (κ3) is 8.42. The van der Waals surface area contributed by atoms with Gasteiger partial charge >= 0.3 is 7.12 Å². The number of ether oxygens (including phenoxy) is 1. The number of nitrogens with zero attached hydrogens (tertiary/aromatic N) is 1. The van der Waals surface area contributed by atoms with E-state index in [-0.39, 0.29) is 11.3 Å². The monoisotopic (exact) mass is 517 g/mol. The number of rotatable bonds is 12. The lowest BCUT2D eigenvalue weighted by Crippen LogP contribution is -2.55. The molecule has 0 aliphatic carbocycles. The molecule has 0 spiro atoms. The third-order valence-corrected chi connectivity index (χ3v) is 7.41. The minimum atomic E-state index is -4.12. The van der Waals surface area contributed by atoms with Crippen LogP contribution in [-0.4, -0.2) is 80.6 Å². The van der Waals surface area contributed by atoms with Gasteiger partial charge < -0.3 is 25.0 Å². The van der Waals surface area contributed by atoms with Gasteiger partial charge in [0.2, 0.25) is 21.8 Å². The molecular weight excluding hydrogens is 485 g/mol. The van der Waals surface area contributed by atoms with E-state index in [0.29, 0.717) is 39.1 Å². The highest BCUT2D eigenvalue weighted by atomic mass is 32.2. The van der Waals surface area contributed by atoms with Crippen molar-refractivity contribution in [3.05, 3.63) is 66.2 Å². The molecule has 3 rings (SSSR count). The lowest BCUT2D eigenvalue weighted by Gasteiger charge is -2.29. The summed E-state index contributed by atoms with van der Waals surface area (Å²) in [7, 11) is -5.98. The molecule has 1 heterocycles. The molecule has 1 fully saturated rings.